The lowest BCUT2D eigenvalue weighted by Crippen LogP contribution is -1.85. The van der Waals surface area contributed by atoms with E-state index in [1.165, 1.54) is 22.4 Å². The molecule has 0 spiro atoms. The molecule has 0 bridgehead atoms. The Morgan fingerprint density at radius 2 is 1.85 bits per heavy atom. The molecule has 67 valence electrons. The number of hydrogen-bond donors (Lipinski definition) is 0. The first kappa shape index (κ1) is 8.36. The minimum atomic E-state index is 1.30. The molecule has 1 heterocycles. The summed E-state index contributed by atoms with van der Waals surface area (Å²) in [6, 6.07) is 8.51. The zero-order valence-corrected chi connectivity index (χ0v) is 8.33. The molecule has 0 fully saturated rings. The fourth-order valence-corrected chi connectivity index (χ4v) is 1.74. The summed E-state index contributed by atoms with van der Waals surface area (Å²) in [5, 5.41) is 1.35. The maximum Gasteiger partial charge on any atom is 0.0480 e. The summed E-state index contributed by atoms with van der Waals surface area (Å²) in [4.78, 5) is 0. The largest absolute Gasteiger partial charge is 0.350 e. The lowest BCUT2D eigenvalue weighted by Gasteiger charge is -1.99. The Kier molecular flexibility index (Phi) is 1.87. The SMILES string of the molecule is C[C](C)c1cn(C)c2ccccc12. The summed E-state index contributed by atoms with van der Waals surface area (Å²) in [6.07, 6.45) is 2.19. The van der Waals surface area contributed by atoms with Crippen molar-refractivity contribution in [3.05, 3.63) is 41.9 Å². The van der Waals surface area contributed by atoms with Crippen LogP contribution in [0.5, 0.6) is 0 Å². The fraction of sp³-hybridized carbons (Fsp3) is 0.250. The average molecular weight is 172 g/mol. The van der Waals surface area contributed by atoms with Crippen LogP contribution in [0, 0.1) is 5.92 Å². The molecule has 1 aromatic heterocycles. The van der Waals surface area contributed by atoms with E-state index >= 15 is 0 Å². The monoisotopic (exact) mass is 172 g/mol. The number of aryl methyl sites for hydroxylation is 1. The Balaban J connectivity index is 2.78. The van der Waals surface area contributed by atoms with Crippen LogP contribution < -0.4 is 0 Å². The molecule has 0 amide bonds. The van der Waals surface area contributed by atoms with Crippen molar-refractivity contribution in [2.24, 2.45) is 7.05 Å². The quantitative estimate of drug-likeness (QED) is 0.622. The number of rotatable bonds is 1. The normalized spacial score (nSPS) is 11.4. The third kappa shape index (κ3) is 1.24. The fourth-order valence-electron chi connectivity index (χ4n) is 1.74. The Hall–Kier alpha value is -1.24. The lowest BCUT2D eigenvalue weighted by atomic mass is 10.0. The molecular formula is C12H14N. The van der Waals surface area contributed by atoms with Crippen LogP contribution in [0.15, 0.2) is 30.5 Å². The average Bonchev–Trinajstić information content (AvgIpc) is 2.45. The molecule has 0 saturated carbocycles. The topological polar surface area (TPSA) is 4.93 Å². The highest BCUT2D eigenvalue weighted by Crippen LogP contribution is 2.25. The van der Waals surface area contributed by atoms with Crippen LogP contribution in [-0.4, -0.2) is 4.57 Å². The van der Waals surface area contributed by atoms with E-state index in [2.05, 4.69) is 55.9 Å². The van der Waals surface area contributed by atoms with Gasteiger partial charge in [0.15, 0.2) is 0 Å². The predicted octanol–water partition coefficient (Wildman–Crippen LogP) is 3.14. The Morgan fingerprint density at radius 1 is 1.15 bits per heavy atom. The highest BCUT2D eigenvalue weighted by molar-refractivity contribution is 5.85. The first-order valence-corrected chi connectivity index (χ1v) is 4.55. The molecule has 2 rings (SSSR count). The molecule has 0 aliphatic carbocycles. The van der Waals surface area contributed by atoms with Gasteiger partial charge in [-0.25, -0.2) is 0 Å². The number of benzene rings is 1. The van der Waals surface area contributed by atoms with Crippen molar-refractivity contribution in [1.29, 1.82) is 0 Å². The van der Waals surface area contributed by atoms with Gasteiger partial charge in [-0.05, 0) is 11.6 Å². The molecule has 0 aliphatic heterocycles. The van der Waals surface area contributed by atoms with E-state index in [1.54, 1.807) is 0 Å². The van der Waals surface area contributed by atoms with Gasteiger partial charge in [-0.3, -0.25) is 0 Å². The molecule has 2 aromatic rings. The Morgan fingerprint density at radius 3 is 2.54 bits per heavy atom. The van der Waals surface area contributed by atoms with E-state index in [1.807, 2.05) is 0 Å². The van der Waals surface area contributed by atoms with Gasteiger partial charge in [0, 0.05) is 30.1 Å². The number of para-hydroxylation sites is 1. The molecule has 13 heavy (non-hydrogen) atoms. The van der Waals surface area contributed by atoms with Gasteiger partial charge in [0.05, 0.1) is 0 Å². The van der Waals surface area contributed by atoms with Gasteiger partial charge in [-0.15, -0.1) is 0 Å². The van der Waals surface area contributed by atoms with Gasteiger partial charge in [0.1, 0.15) is 0 Å². The second-order valence-corrected chi connectivity index (χ2v) is 3.67. The Bertz CT molecular complexity index is 424. The van der Waals surface area contributed by atoms with Crippen LogP contribution in [0.4, 0.5) is 0 Å². The minimum absolute atomic E-state index is 1.30. The smallest absolute Gasteiger partial charge is 0.0480 e. The molecular weight excluding hydrogens is 158 g/mol. The van der Waals surface area contributed by atoms with Crippen molar-refractivity contribution >= 4 is 10.9 Å². The molecule has 0 atom stereocenters. The minimum Gasteiger partial charge on any atom is -0.350 e. The zero-order chi connectivity index (χ0) is 9.42. The molecule has 0 N–H and O–H groups in total. The van der Waals surface area contributed by atoms with Crippen LogP contribution in [0.1, 0.15) is 19.4 Å². The third-order valence-corrected chi connectivity index (χ3v) is 2.44. The van der Waals surface area contributed by atoms with E-state index < -0.39 is 0 Å². The zero-order valence-electron chi connectivity index (χ0n) is 8.33. The summed E-state index contributed by atoms with van der Waals surface area (Å²) < 4.78 is 2.18. The second-order valence-electron chi connectivity index (χ2n) is 3.67. The van der Waals surface area contributed by atoms with E-state index in [-0.39, 0.29) is 0 Å². The number of aromatic nitrogens is 1. The molecule has 0 unspecified atom stereocenters. The highest BCUT2D eigenvalue weighted by atomic mass is 14.9. The summed E-state index contributed by atoms with van der Waals surface area (Å²) in [5.74, 6) is 1.37. The number of nitrogens with zero attached hydrogens (tertiary/aromatic N) is 1. The maximum absolute atomic E-state index is 2.19. The lowest BCUT2D eigenvalue weighted by molar-refractivity contribution is 0.958. The van der Waals surface area contributed by atoms with Crippen molar-refractivity contribution in [3.8, 4) is 0 Å². The van der Waals surface area contributed by atoms with Crippen molar-refractivity contribution in [2.45, 2.75) is 13.8 Å². The summed E-state index contributed by atoms with van der Waals surface area (Å²) >= 11 is 0. The van der Waals surface area contributed by atoms with E-state index in [4.69, 9.17) is 0 Å². The summed E-state index contributed by atoms with van der Waals surface area (Å²) in [5.41, 5.74) is 2.66. The first-order chi connectivity index (χ1) is 6.20. The summed E-state index contributed by atoms with van der Waals surface area (Å²) in [7, 11) is 2.09. The molecule has 1 nitrogen and oxygen atoms in total. The standard InChI is InChI=1S/C12H14N/c1-9(2)11-8-13(3)12-7-5-4-6-10(11)12/h4-8H,1-3H3. The van der Waals surface area contributed by atoms with Crippen LogP contribution in [-0.2, 0) is 7.05 Å². The van der Waals surface area contributed by atoms with Crippen LogP contribution >= 0.6 is 0 Å². The highest BCUT2D eigenvalue weighted by Gasteiger charge is 2.08. The van der Waals surface area contributed by atoms with Crippen molar-refractivity contribution in [3.63, 3.8) is 0 Å². The van der Waals surface area contributed by atoms with E-state index in [0.29, 0.717) is 0 Å². The van der Waals surface area contributed by atoms with Gasteiger partial charge >= 0.3 is 0 Å². The van der Waals surface area contributed by atoms with Crippen LogP contribution in [0.2, 0.25) is 0 Å². The maximum atomic E-state index is 2.19. The van der Waals surface area contributed by atoms with Gasteiger partial charge in [-0.1, -0.05) is 32.0 Å². The van der Waals surface area contributed by atoms with E-state index in [9.17, 15) is 0 Å². The van der Waals surface area contributed by atoms with Gasteiger partial charge in [0.25, 0.3) is 0 Å². The number of fused-ring (bicyclic) bond motifs is 1. The van der Waals surface area contributed by atoms with E-state index in [0.717, 1.165) is 0 Å². The second kappa shape index (κ2) is 2.91. The predicted molar refractivity (Wildman–Crippen MR) is 56.6 cm³/mol. The Labute approximate surface area is 79.0 Å². The van der Waals surface area contributed by atoms with Gasteiger partial charge in [0.2, 0.25) is 0 Å². The molecule has 1 heteroatoms. The van der Waals surface area contributed by atoms with Gasteiger partial charge < -0.3 is 4.57 Å². The molecule has 1 aromatic carbocycles. The van der Waals surface area contributed by atoms with Crippen LogP contribution in [0.25, 0.3) is 10.9 Å². The molecule has 0 aliphatic rings. The van der Waals surface area contributed by atoms with Gasteiger partial charge in [-0.2, -0.15) is 0 Å². The first-order valence-electron chi connectivity index (χ1n) is 4.55. The van der Waals surface area contributed by atoms with Crippen molar-refractivity contribution < 1.29 is 0 Å². The third-order valence-electron chi connectivity index (χ3n) is 2.44. The van der Waals surface area contributed by atoms with Crippen molar-refractivity contribution in [1.82, 2.24) is 4.57 Å². The molecule has 0 saturated heterocycles. The number of hydrogen-bond acceptors (Lipinski definition) is 0. The summed E-state index contributed by atoms with van der Waals surface area (Å²) in [6.45, 7) is 4.31. The van der Waals surface area contributed by atoms with Crippen LogP contribution in [0.3, 0.4) is 0 Å². The molecule has 1 radical (unpaired) electrons. The van der Waals surface area contributed by atoms with Crippen molar-refractivity contribution in [2.75, 3.05) is 0 Å².